The number of aliphatic hydroxyl groups is 1. The number of carbonyl (C=O) groups excluding carboxylic acids is 1. The number of rotatable bonds is 19. The zero-order valence-corrected chi connectivity index (χ0v) is 25.5. The van der Waals surface area contributed by atoms with Crippen LogP contribution in [0.3, 0.4) is 0 Å². The van der Waals surface area contributed by atoms with E-state index in [1.807, 2.05) is 32.0 Å². The number of aliphatic hydroxyl groups excluding tert-OH is 1. The number of azide groups is 1. The van der Waals surface area contributed by atoms with Crippen molar-refractivity contribution in [1.82, 2.24) is 5.32 Å². The molecule has 2 N–H and O–H groups in total. The molecule has 0 bridgehead atoms. The number of benzene rings is 1. The first kappa shape index (κ1) is 35.0. The molecule has 0 aliphatic carbocycles. The van der Waals surface area contributed by atoms with Crippen molar-refractivity contribution < 1.29 is 24.1 Å². The third-order valence-corrected chi connectivity index (χ3v) is 7.25. The fraction of sp³-hybridized carbons (Fsp3) is 0.733. The Balaban J connectivity index is 3.04. The van der Waals surface area contributed by atoms with Gasteiger partial charge in [0, 0.05) is 37.5 Å². The summed E-state index contributed by atoms with van der Waals surface area (Å²) >= 11 is 0. The molecule has 0 fully saturated rings. The first-order valence-electron chi connectivity index (χ1n) is 14.1. The largest absolute Gasteiger partial charge is 0.493 e. The zero-order chi connectivity index (χ0) is 30.3. The van der Waals surface area contributed by atoms with Gasteiger partial charge in [0.1, 0.15) is 0 Å². The monoisotopic (exact) mass is 559 g/mol. The lowest BCUT2D eigenvalue weighted by atomic mass is 9.80. The first-order valence-corrected chi connectivity index (χ1v) is 14.1. The molecular weight excluding hydrogens is 510 g/mol. The average molecular weight is 560 g/mol. The molecule has 0 saturated carbocycles. The number of nitrogens with one attached hydrogen (secondary N) is 1. The summed E-state index contributed by atoms with van der Waals surface area (Å²) in [6.07, 6.45) is 1.09. The lowest BCUT2D eigenvalue weighted by Crippen LogP contribution is -2.41. The van der Waals surface area contributed by atoms with Gasteiger partial charge in [-0.3, -0.25) is 4.79 Å². The molecule has 224 valence electrons. The Labute approximate surface area is 240 Å². The molecular formula is C30H49N5O5. The SMILES string of the molecule is COCCCOc1cc(C[C@@H](C[C@H](N=[N+]=[N-])[C@@H](O)CC(C(=O)NCC(C)(C)C#N)C(C)C)C(C)C)ccc1OC. The first-order chi connectivity index (χ1) is 18.9. The number of nitrogens with zero attached hydrogens (tertiary/aromatic N) is 4. The molecule has 0 heterocycles. The summed E-state index contributed by atoms with van der Waals surface area (Å²) in [6.45, 7) is 12.9. The number of nitriles is 1. The quantitative estimate of drug-likeness (QED) is 0.0963. The molecule has 10 heteroatoms. The molecule has 1 amide bonds. The van der Waals surface area contributed by atoms with Gasteiger partial charge in [-0.2, -0.15) is 5.26 Å². The van der Waals surface area contributed by atoms with Crippen LogP contribution in [-0.2, 0) is 16.0 Å². The maximum Gasteiger partial charge on any atom is 0.223 e. The smallest absolute Gasteiger partial charge is 0.223 e. The van der Waals surface area contributed by atoms with Crippen LogP contribution in [0.5, 0.6) is 11.5 Å². The highest BCUT2D eigenvalue weighted by atomic mass is 16.5. The number of methoxy groups -OCH3 is 2. The van der Waals surface area contributed by atoms with Crippen LogP contribution < -0.4 is 14.8 Å². The Morgan fingerprint density at radius 2 is 1.85 bits per heavy atom. The van der Waals surface area contributed by atoms with Crippen molar-refractivity contribution in [3.8, 4) is 17.6 Å². The highest BCUT2D eigenvalue weighted by Crippen LogP contribution is 2.32. The second kappa shape index (κ2) is 17.6. The molecule has 0 spiro atoms. The minimum absolute atomic E-state index is 0.0472. The molecule has 0 saturated heterocycles. The van der Waals surface area contributed by atoms with E-state index in [-0.39, 0.29) is 36.6 Å². The molecule has 1 rings (SSSR count). The van der Waals surface area contributed by atoms with Crippen molar-refractivity contribution in [1.29, 1.82) is 5.26 Å². The zero-order valence-electron chi connectivity index (χ0n) is 25.5. The van der Waals surface area contributed by atoms with Gasteiger partial charge in [-0.1, -0.05) is 38.9 Å². The average Bonchev–Trinajstić information content (AvgIpc) is 2.91. The van der Waals surface area contributed by atoms with E-state index in [1.165, 1.54) is 0 Å². The molecule has 0 aromatic heterocycles. The van der Waals surface area contributed by atoms with Crippen LogP contribution in [0.25, 0.3) is 10.4 Å². The summed E-state index contributed by atoms with van der Waals surface area (Å²) < 4.78 is 16.5. The van der Waals surface area contributed by atoms with Crippen LogP contribution in [0.2, 0.25) is 0 Å². The van der Waals surface area contributed by atoms with Crippen LogP contribution in [0, 0.1) is 40.4 Å². The van der Waals surface area contributed by atoms with E-state index >= 15 is 0 Å². The molecule has 0 radical (unpaired) electrons. The number of amides is 1. The fourth-order valence-electron chi connectivity index (χ4n) is 4.48. The molecule has 0 aliphatic heterocycles. The van der Waals surface area contributed by atoms with Crippen molar-refractivity contribution in [3.05, 3.63) is 34.2 Å². The van der Waals surface area contributed by atoms with Gasteiger partial charge in [-0.05, 0) is 74.1 Å². The second-order valence-electron chi connectivity index (χ2n) is 11.8. The number of hydrogen-bond acceptors (Lipinski definition) is 7. The van der Waals surface area contributed by atoms with Gasteiger partial charge >= 0.3 is 0 Å². The van der Waals surface area contributed by atoms with E-state index in [1.54, 1.807) is 28.1 Å². The predicted octanol–water partition coefficient (Wildman–Crippen LogP) is 5.68. The Morgan fingerprint density at radius 1 is 1.15 bits per heavy atom. The van der Waals surface area contributed by atoms with E-state index in [0.717, 1.165) is 12.0 Å². The molecule has 1 aromatic rings. The minimum Gasteiger partial charge on any atom is -0.493 e. The van der Waals surface area contributed by atoms with E-state index in [4.69, 9.17) is 14.2 Å². The van der Waals surface area contributed by atoms with E-state index in [2.05, 4.69) is 35.3 Å². The third kappa shape index (κ3) is 12.0. The lowest BCUT2D eigenvalue weighted by Gasteiger charge is -2.30. The predicted molar refractivity (Wildman–Crippen MR) is 156 cm³/mol. The molecule has 40 heavy (non-hydrogen) atoms. The summed E-state index contributed by atoms with van der Waals surface area (Å²) in [7, 11) is 3.26. The molecule has 1 aromatic carbocycles. The number of carbonyl (C=O) groups is 1. The maximum absolute atomic E-state index is 13.0. The van der Waals surface area contributed by atoms with E-state index in [0.29, 0.717) is 37.6 Å². The normalized spacial score (nSPS) is 14.6. The second-order valence-corrected chi connectivity index (χ2v) is 11.8. The molecule has 4 atom stereocenters. The third-order valence-electron chi connectivity index (χ3n) is 7.25. The topological polar surface area (TPSA) is 150 Å². The van der Waals surface area contributed by atoms with Crippen LogP contribution in [0.15, 0.2) is 23.3 Å². The van der Waals surface area contributed by atoms with Crippen LogP contribution >= 0.6 is 0 Å². The van der Waals surface area contributed by atoms with Gasteiger partial charge in [-0.25, -0.2) is 0 Å². The summed E-state index contributed by atoms with van der Waals surface area (Å²) in [5.41, 5.74) is 9.65. The number of hydrogen-bond donors (Lipinski definition) is 2. The Kier molecular flexibility index (Phi) is 15.5. The van der Waals surface area contributed by atoms with Crippen LogP contribution in [0.4, 0.5) is 0 Å². The van der Waals surface area contributed by atoms with Gasteiger partial charge < -0.3 is 24.6 Å². The molecule has 1 unspecified atom stereocenters. The summed E-state index contributed by atoms with van der Waals surface area (Å²) in [5.74, 6) is 0.911. The van der Waals surface area contributed by atoms with Crippen molar-refractivity contribution in [3.63, 3.8) is 0 Å². The van der Waals surface area contributed by atoms with Crippen molar-refractivity contribution in [2.24, 2.45) is 34.2 Å². The van der Waals surface area contributed by atoms with E-state index in [9.17, 15) is 20.7 Å². The highest BCUT2D eigenvalue weighted by Gasteiger charge is 2.32. The van der Waals surface area contributed by atoms with Gasteiger partial charge in [-0.15, -0.1) is 0 Å². The van der Waals surface area contributed by atoms with Crippen LogP contribution in [-0.4, -0.2) is 57.1 Å². The summed E-state index contributed by atoms with van der Waals surface area (Å²) in [6, 6.07) is 7.35. The highest BCUT2D eigenvalue weighted by molar-refractivity contribution is 5.79. The summed E-state index contributed by atoms with van der Waals surface area (Å²) in [4.78, 5) is 16.0. The fourth-order valence-corrected chi connectivity index (χ4v) is 4.48. The van der Waals surface area contributed by atoms with Crippen molar-refractivity contribution >= 4 is 5.91 Å². The lowest BCUT2D eigenvalue weighted by molar-refractivity contribution is -0.128. The number of ether oxygens (including phenoxy) is 3. The van der Waals surface area contributed by atoms with Crippen molar-refractivity contribution in [2.75, 3.05) is 34.0 Å². The Hall–Kier alpha value is -2.99. The molecule has 0 aliphatic rings. The Morgan fingerprint density at radius 3 is 2.40 bits per heavy atom. The maximum atomic E-state index is 13.0. The summed E-state index contributed by atoms with van der Waals surface area (Å²) in [5, 5.41) is 27.3. The van der Waals surface area contributed by atoms with Gasteiger partial charge in [0.15, 0.2) is 11.5 Å². The van der Waals surface area contributed by atoms with Crippen LogP contribution in [0.1, 0.15) is 66.4 Å². The molecule has 10 nitrogen and oxygen atoms in total. The standard InChI is InChI=1S/C30H49N5O5/c1-20(2)23(14-22-10-11-27(39-8)28(15-22)40-13-9-12-38-7)16-25(34-35-32)26(36)17-24(21(3)4)29(37)33-19-30(5,6)18-31/h10-11,15,20-21,23-26,36H,9,12-14,16-17,19H2,1-8H3,(H,33,37)/t23-,24?,25-,26-/m0/s1. The minimum atomic E-state index is -0.991. The van der Waals surface area contributed by atoms with Gasteiger partial charge in [0.25, 0.3) is 0 Å². The van der Waals surface area contributed by atoms with Gasteiger partial charge in [0.05, 0.1) is 37.3 Å². The van der Waals surface area contributed by atoms with Gasteiger partial charge in [0.2, 0.25) is 5.91 Å². The Bertz CT molecular complexity index is 1000. The van der Waals surface area contributed by atoms with E-state index < -0.39 is 23.5 Å². The van der Waals surface area contributed by atoms with Crippen molar-refractivity contribution in [2.45, 2.75) is 79.4 Å².